The number of nitro benzene ring substituents is 1. The largest absolute Gasteiger partial charge is 0.346 e. The molecular weight excluding hydrogens is 379 g/mol. The van der Waals surface area contributed by atoms with Crippen molar-refractivity contribution in [1.82, 2.24) is 9.88 Å². The van der Waals surface area contributed by atoms with Crippen molar-refractivity contribution in [3.8, 4) is 11.3 Å². The third kappa shape index (κ3) is 4.18. The predicted octanol–water partition coefficient (Wildman–Crippen LogP) is 4.18. The van der Waals surface area contributed by atoms with E-state index in [1.54, 1.807) is 35.6 Å². The van der Waals surface area contributed by atoms with Crippen molar-refractivity contribution in [3.05, 3.63) is 75.4 Å². The topological polar surface area (TPSA) is 62.5 Å². The number of benzene rings is 2. The standard InChI is InChI=1S/C20H19FN4O2S/c21-17-5-3-16(4-6-17)19-14-28-20(22-19)24-11-9-23(10-12-24)13-15-1-7-18(8-2-15)25(26)27/h1-8,14H,9-13H2. The van der Waals surface area contributed by atoms with Crippen LogP contribution in [0.15, 0.2) is 53.9 Å². The summed E-state index contributed by atoms with van der Waals surface area (Å²) < 4.78 is 13.1. The molecular formula is C20H19FN4O2S. The molecule has 1 aromatic heterocycles. The fourth-order valence-electron chi connectivity index (χ4n) is 3.24. The fraction of sp³-hybridized carbons (Fsp3) is 0.250. The molecule has 4 rings (SSSR count). The highest BCUT2D eigenvalue weighted by Gasteiger charge is 2.20. The Kier molecular flexibility index (Phi) is 5.31. The lowest BCUT2D eigenvalue weighted by Gasteiger charge is -2.34. The van der Waals surface area contributed by atoms with Crippen LogP contribution in [0.5, 0.6) is 0 Å². The zero-order chi connectivity index (χ0) is 19.5. The van der Waals surface area contributed by atoms with Crippen molar-refractivity contribution >= 4 is 22.2 Å². The molecule has 0 amide bonds. The molecule has 2 aromatic carbocycles. The van der Waals surface area contributed by atoms with Gasteiger partial charge in [-0.3, -0.25) is 15.0 Å². The van der Waals surface area contributed by atoms with Gasteiger partial charge in [-0.25, -0.2) is 9.37 Å². The normalized spacial score (nSPS) is 15.0. The molecule has 1 aliphatic heterocycles. The second kappa shape index (κ2) is 8.04. The van der Waals surface area contributed by atoms with Crippen LogP contribution in [0.2, 0.25) is 0 Å². The summed E-state index contributed by atoms with van der Waals surface area (Å²) in [4.78, 5) is 19.7. The van der Waals surface area contributed by atoms with E-state index in [4.69, 9.17) is 4.98 Å². The van der Waals surface area contributed by atoms with Gasteiger partial charge in [0.2, 0.25) is 0 Å². The van der Waals surface area contributed by atoms with Crippen LogP contribution in [-0.4, -0.2) is 41.0 Å². The van der Waals surface area contributed by atoms with Crippen molar-refractivity contribution in [1.29, 1.82) is 0 Å². The van der Waals surface area contributed by atoms with E-state index in [9.17, 15) is 14.5 Å². The Morgan fingerprint density at radius 1 is 1.04 bits per heavy atom. The highest BCUT2D eigenvalue weighted by atomic mass is 32.1. The molecule has 0 N–H and O–H groups in total. The molecule has 0 atom stereocenters. The Hall–Kier alpha value is -2.84. The van der Waals surface area contributed by atoms with Crippen LogP contribution in [0.4, 0.5) is 15.2 Å². The lowest BCUT2D eigenvalue weighted by Crippen LogP contribution is -2.45. The van der Waals surface area contributed by atoms with Crippen LogP contribution >= 0.6 is 11.3 Å². The summed E-state index contributed by atoms with van der Waals surface area (Å²) in [7, 11) is 0. The lowest BCUT2D eigenvalue weighted by atomic mass is 10.2. The zero-order valence-corrected chi connectivity index (χ0v) is 15.9. The molecule has 0 spiro atoms. The van der Waals surface area contributed by atoms with Crippen molar-refractivity contribution in [3.63, 3.8) is 0 Å². The number of piperazine rings is 1. The van der Waals surface area contributed by atoms with Gasteiger partial charge in [-0.2, -0.15) is 0 Å². The van der Waals surface area contributed by atoms with E-state index in [-0.39, 0.29) is 16.4 Å². The molecule has 28 heavy (non-hydrogen) atoms. The summed E-state index contributed by atoms with van der Waals surface area (Å²) in [5.74, 6) is -0.247. The summed E-state index contributed by atoms with van der Waals surface area (Å²) in [5, 5.41) is 13.7. The minimum absolute atomic E-state index is 0.120. The van der Waals surface area contributed by atoms with Gasteiger partial charge in [0.1, 0.15) is 5.82 Å². The minimum atomic E-state index is -0.378. The molecule has 2 heterocycles. The summed E-state index contributed by atoms with van der Waals surface area (Å²) in [5.41, 5.74) is 2.98. The smallest absolute Gasteiger partial charge is 0.269 e. The van der Waals surface area contributed by atoms with Gasteiger partial charge in [-0.1, -0.05) is 12.1 Å². The van der Waals surface area contributed by atoms with E-state index in [1.165, 1.54) is 12.1 Å². The van der Waals surface area contributed by atoms with Gasteiger partial charge in [-0.05, 0) is 29.8 Å². The zero-order valence-electron chi connectivity index (χ0n) is 15.1. The summed E-state index contributed by atoms with van der Waals surface area (Å²) >= 11 is 1.60. The molecule has 0 radical (unpaired) electrons. The van der Waals surface area contributed by atoms with Crippen LogP contribution in [0, 0.1) is 15.9 Å². The molecule has 1 fully saturated rings. The Bertz CT molecular complexity index is 951. The third-order valence-corrected chi connectivity index (χ3v) is 5.73. The fourth-order valence-corrected chi connectivity index (χ4v) is 4.13. The monoisotopic (exact) mass is 398 g/mol. The first-order chi connectivity index (χ1) is 13.6. The second-order valence-electron chi connectivity index (χ2n) is 6.71. The highest BCUT2D eigenvalue weighted by Crippen LogP contribution is 2.28. The van der Waals surface area contributed by atoms with Gasteiger partial charge in [0.05, 0.1) is 10.6 Å². The van der Waals surface area contributed by atoms with Crippen molar-refractivity contribution < 1.29 is 9.31 Å². The number of hydrogen-bond acceptors (Lipinski definition) is 6. The van der Waals surface area contributed by atoms with E-state index < -0.39 is 0 Å². The highest BCUT2D eigenvalue weighted by molar-refractivity contribution is 7.14. The summed E-state index contributed by atoms with van der Waals surface area (Å²) in [6.45, 7) is 4.35. The molecule has 1 saturated heterocycles. The number of non-ortho nitro benzene ring substituents is 1. The van der Waals surface area contributed by atoms with Crippen LogP contribution in [0.3, 0.4) is 0 Å². The maximum absolute atomic E-state index is 13.1. The Labute approximate surface area is 166 Å². The van der Waals surface area contributed by atoms with E-state index >= 15 is 0 Å². The maximum Gasteiger partial charge on any atom is 0.269 e. The number of rotatable bonds is 5. The van der Waals surface area contributed by atoms with Crippen molar-refractivity contribution in [2.75, 3.05) is 31.1 Å². The first-order valence-electron chi connectivity index (χ1n) is 9.00. The van der Waals surface area contributed by atoms with Gasteiger partial charge in [0.15, 0.2) is 5.13 Å². The number of thiazole rings is 1. The molecule has 1 aliphatic rings. The number of hydrogen-bond donors (Lipinski definition) is 0. The van der Waals surface area contributed by atoms with Crippen molar-refractivity contribution in [2.45, 2.75) is 6.54 Å². The van der Waals surface area contributed by atoms with E-state index in [1.807, 2.05) is 17.5 Å². The SMILES string of the molecule is O=[N+]([O-])c1ccc(CN2CCN(c3nc(-c4ccc(F)cc4)cs3)CC2)cc1. The molecule has 3 aromatic rings. The average Bonchev–Trinajstić information content (AvgIpc) is 3.20. The maximum atomic E-state index is 13.1. The van der Waals surface area contributed by atoms with Gasteiger partial charge in [0, 0.05) is 55.8 Å². The molecule has 0 saturated carbocycles. The van der Waals surface area contributed by atoms with Crippen LogP contribution in [-0.2, 0) is 6.54 Å². The first-order valence-corrected chi connectivity index (χ1v) is 9.88. The van der Waals surface area contributed by atoms with Gasteiger partial charge in [0.25, 0.3) is 5.69 Å². The lowest BCUT2D eigenvalue weighted by molar-refractivity contribution is -0.384. The summed E-state index contributed by atoms with van der Waals surface area (Å²) in [6, 6.07) is 13.1. The second-order valence-corrected chi connectivity index (χ2v) is 7.55. The average molecular weight is 398 g/mol. The minimum Gasteiger partial charge on any atom is -0.346 e. The van der Waals surface area contributed by atoms with Gasteiger partial charge < -0.3 is 4.90 Å². The molecule has 0 aliphatic carbocycles. The predicted molar refractivity (Wildman–Crippen MR) is 108 cm³/mol. The summed E-state index contributed by atoms with van der Waals surface area (Å²) in [6.07, 6.45) is 0. The molecule has 6 nitrogen and oxygen atoms in total. The van der Waals surface area contributed by atoms with E-state index in [2.05, 4.69) is 9.80 Å². The Morgan fingerprint density at radius 3 is 2.36 bits per heavy atom. The number of anilines is 1. The number of aromatic nitrogens is 1. The quantitative estimate of drug-likeness (QED) is 0.477. The molecule has 0 unspecified atom stereocenters. The first kappa shape index (κ1) is 18.5. The van der Waals surface area contributed by atoms with E-state index in [0.717, 1.165) is 54.7 Å². The number of nitro groups is 1. The molecule has 0 bridgehead atoms. The van der Waals surface area contributed by atoms with Crippen LogP contribution in [0.25, 0.3) is 11.3 Å². The van der Waals surface area contributed by atoms with Crippen LogP contribution in [0.1, 0.15) is 5.56 Å². The van der Waals surface area contributed by atoms with Gasteiger partial charge in [-0.15, -0.1) is 11.3 Å². The Morgan fingerprint density at radius 2 is 1.71 bits per heavy atom. The van der Waals surface area contributed by atoms with Gasteiger partial charge >= 0.3 is 0 Å². The number of nitrogens with zero attached hydrogens (tertiary/aromatic N) is 4. The third-order valence-electron chi connectivity index (χ3n) is 4.83. The van der Waals surface area contributed by atoms with E-state index in [0.29, 0.717) is 0 Å². The molecule has 8 heteroatoms. The number of halogens is 1. The van der Waals surface area contributed by atoms with Crippen molar-refractivity contribution in [2.24, 2.45) is 0 Å². The molecule has 144 valence electrons. The Balaban J connectivity index is 1.34. The van der Waals surface area contributed by atoms with Crippen LogP contribution < -0.4 is 4.90 Å².